The Hall–Kier alpha value is -3.87. The van der Waals surface area contributed by atoms with E-state index in [1.54, 1.807) is 29.2 Å². The third kappa shape index (κ3) is 3.67. The van der Waals surface area contributed by atoms with Gasteiger partial charge in [-0.05, 0) is 52.9 Å². The van der Waals surface area contributed by atoms with Crippen molar-refractivity contribution < 1.29 is 23.5 Å². The molecule has 0 radical (unpaired) electrons. The van der Waals surface area contributed by atoms with Gasteiger partial charge < -0.3 is 19.7 Å². The van der Waals surface area contributed by atoms with Crippen LogP contribution < -0.4 is 14.8 Å². The van der Waals surface area contributed by atoms with Gasteiger partial charge in [-0.1, -0.05) is 36.4 Å². The van der Waals surface area contributed by atoms with E-state index < -0.39 is 12.0 Å². The lowest BCUT2D eigenvalue weighted by molar-refractivity contribution is -0.124. The van der Waals surface area contributed by atoms with Crippen LogP contribution in [0.1, 0.15) is 44.6 Å². The van der Waals surface area contributed by atoms with E-state index in [4.69, 9.17) is 9.47 Å². The van der Waals surface area contributed by atoms with Crippen LogP contribution in [-0.4, -0.2) is 37.5 Å². The Bertz CT molecular complexity index is 1260. The predicted octanol–water partition coefficient (Wildman–Crippen LogP) is 4.00. The number of ether oxygens (including phenoxy) is 2. The van der Waals surface area contributed by atoms with Crippen molar-refractivity contribution in [3.8, 4) is 11.5 Å². The fourth-order valence-corrected chi connectivity index (χ4v) is 5.03. The SMILES string of the molecule is COc1cc2c(cc1OC)[C@H](C(=O)NCc1ccc(F)cc1)[C@H]1c3ccccc3CCN1C2=O. The highest BCUT2D eigenvalue weighted by Gasteiger charge is 2.46. The third-order valence-corrected chi connectivity index (χ3v) is 6.69. The summed E-state index contributed by atoms with van der Waals surface area (Å²) < 4.78 is 24.2. The molecule has 0 aromatic heterocycles. The van der Waals surface area contributed by atoms with Crippen LogP contribution in [0.2, 0.25) is 0 Å². The van der Waals surface area contributed by atoms with E-state index in [1.807, 2.05) is 18.2 Å². The lowest BCUT2D eigenvalue weighted by atomic mass is 9.75. The molecule has 0 bridgehead atoms. The molecule has 3 aromatic rings. The monoisotopic (exact) mass is 460 g/mol. The lowest BCUT2D eigenvalue weighted by Gasteiger charge is -2.45. The number of methoxy groups -OCH3 is 2. The molecule has 0 unspecified atom stereocenters. The van der Waals surface area contributed by atoms with Crippen molar-refractivity contribution in [3.63, 3.8) is 0 Å². The first-order valence-electron chi connectivity index (χ1n) is 11.2. The van der Waals surface area contributed by atoms with Crippen LogP contribution in [0.4, 0.5) is 4.39 Å². The van der Waals surface area contributed by atoms with Gasteiger partial charge in [-0.3, -0.25) is 9.59 Å². The van der Waals surface area contributed by atoms with Crippen LogP contribution in [0.25, 0.3) is 0 Å². The number of nitrogens with zero attached hydrogens (tertiary/aromatic N) is 1. The van der Waals surface area contributed by atoms with Gasteiger partial charge in [0, 0.05) is 18.7 Å². The van der Waals surface area contributed by atoms with Gasteiger partial charge in [-0.15, -0.1) is 0 Å². The summed E-state index contributed by atoms with van der Waals surface area (Å²) in [6.07, 6.45) is 0.727. The predicted molar refractivity (Wildman–Crippen MR) is 124 cm³/mol. The molecule has 0 saturated heterocycles. The van der Waals surface area contributed by atoms with Gasteiger partial charge in [0.25, 0.3) is 5.91 Å². The number of carbonyl (C=O) groups excluding carboxylic acids is 2. The molecule has 0 spiro atoms. The summed E-state index contributed by atoms with van der Waals surface area (Å²) in [6, 6.07) is 16.9. The number of halogens is 1. The average Bonchev–Trinajstić information content (AvgIpc) is 2.87. The second kappa shape index (κ2) is 8.82. The van der Waals surface area contributed by atoms with Gasteiger partial charge in [0.1, 0.15) is 5.82 Å². The molecule has 0 saturated carbocycles. The first-order chi connectivity index (χ1) is 16.5. The van der Waals surface area contributed by atoms with E-state index >= 15 is 0 Å². The maximum atomic E-state index is 13.7. The van der Waals surface area contributed by atoms with E-state index in [0.29, 0.717) is 29.2 Å². The Morgan fingerprint density at radius 3 is 2.47 bits per heavy atom. The molecule has 2 aliphatic heterocycles. The molecule has 3 aromatic carbocycles. The molecule has 2 heterocycles. The summed E-state index contributed by atoms with van der Waals surface area (Å²) in [5.41, 5.74) is 3.95. The molecule has 174 valence electrons. The summed E-state index contributed by atoms with van der Waals surface area (Å²) >= 11 is 0. The van der Waals surface area contributed by atoms with Crippen molar-refractivity contribution in [2.24, 2.45) is 0 Å². The van der Waals surface area contributed by atoms with Gasteiger partial charge in [0.15, 0.2) is 11.5 Å². The molecule has 2 aliphatic rings. The fourth-order valence-electron chi connectivity index (χ4n) is 5.03. The number of amides is 2. The molecule has 34 heavy (non-hydrogen) atoms. The maximum Gasteiger partial charge on any atom is 0.254 e. The van der Waals surface area contributed by atoms with Gasteiger partial charge in [-0.2, -0.15) is 0 Å². The molecular weight excluding hydrogens is 435 g/mol. The molecule has 2 amide bonds. The molecule has 1 N–H and O–H groups in total. The zero-order valence-corrected chi connectivity index (χ0v) is 19.0. The van der Waals surface area contributed by atoms with E-state index in [-0.39, 0.29) is 24.2 Å². The maximum absolute atomic E-state index is 13.7. The van der Waals surface area contributed by atoms with Gasteiger partial charge in [0.2, 0.25) is 5.91 Å². The van der Waals surface area contributed by atoms with E-state index in [9.17, 15) is 14.0 Å². The van der Waals surface area contributed by atoms with Crippen molar-refractivity contribution in [2.45, 2.75) is 24.9 Å². The van der Waals surface area contributed by atoms with Gasteiger partial charge in [0.05, 0.1) is 26.2 Å². The summed E-state index contributed by atoms with van der Waals surface area (Å²) in [4.78, 5) is 29.1. The molecule has 7 heteroatoms. The summed E-state index contributed by atoms with van der Waals surface area (Å²) in [6.45, 7) is 0.774. The van der Waals surface area contributed by atoms with E-state index in [0.717, 1.165) is 23.1 Å². The average molecular weight is 461 g/mol. The minimum absolute atomic E-state index is 0.127. The molecule has 0 aliphatic carbocycles. The normalized spacial score (nSPS) is 18.4. The molecular formula is C27H25FN2O4. The quantitative estimate of drug-likeness (QED) is 0.625. The number of hydrogen-bond acceptors (Lipinski definition) is 4. The Kier molecular flexibility index (Phi) is 5.69. The Balaban J connectivity index is 1.60. The minimum atomic E-state index is -0.644. The van der Waals surface area contributed by atoms with Crippen LogP contribution >= 0.6 is 0 Å². The van der Waals surface area contributed by atoms with Gasteiger partial charge in [-0.25, -0.2) is 4.39 Å². The third-order valence-electron chi connectivity index (χ3n) is 6.69. The Morgan fingerprint density at radius 2 is 1.74 bits per heavy atom. The number of nitrogens with one attached hydrogen (secondary N) is 1. The zero-order chi connectivity index (χ0) is 23.8. The molecule has 5 rings (SSSR count). The summed E-state index contributed by atoms with van der Waals surface area (Å²) in [5.74, 6) is -0.409. The van der Waals surface area contributed by atoms with Crippen molar-refractivity contribution in [3.05, 3.63) is 94.3 Å². The summed E-state index contributed by atoms with van der Waals surface area (Å²) in [7, 11) is 3.05. The number of carbonyl (C=O) groups is 2. The second-order valence-corrected chi connectivity index (χ2v) is 8.51. The van der Waals surface area contributed by atoms with E-state index in [1.165, 1.54) is 26.4 Å². The largest absolute Gasteiger partial charge is 0.493 e. The molecule has 2 atom stereocenters. The Labute approximate surface area is 197 Å². The highest BCUT2D eigenvalue weighted by atomic mass is 19.1. The first kappa shape index (κ1) is 21.9. The van der Waals surface area contributed by atoms with Crippen molar-refractivity contribution in [1.82, 2.24) is 10.2 Å². The lowest BCUT2D eigenvalue weighted by Crippen LogP contribution is -2.50. The number of benzene rings is 3. The minimum Gasteiger partial charge on any atom is -0.493 e. The van der Waals surface area contributed by atoms with Crippen LogP contribution in [-0.2, 0) is 17.8 Å². The fraction of sp³-hybridized carbons (Fsp3) is 0.259. The standard InChI is InChI=1S/C27H25FN2O4/c1-33-22-13-20-21(14-23(22)34-2)27(32)30-12-11-17-5-3-4-6-19(17)25(30)24(20)26(31)29-15-16-7-9-18(28)10-8-16/h3-10,13-14,24-25H,11-12,15H2,1-2H3,(H,29,31)/t24-,25+/m0/s1. The van der Waals surface area contributed by atoms with Crippen LogP contribution in [0, 0.1) is 5.82 Å². The van der Waals surface area contributed by atoms with Crippen molar-refractivity contribution in [1.29, 1.82) is 0 Å². The first-order valence-corrected chi connectivity index (χ1v) is 11.2. The summed E-state index contributed by atoms with van der Waals surface area (Å²) in [5, 5.41) is 3.00. The van der Waals surface area contributed by atoms with Crippen molar-refractivity contribution in [2.75, 3.05) is 20.8 Å². The van der Waals surface area contributed by atoms with Crippen molar-refractivity contribution >= 4 is 11.8 Å². The van der Waals surface area contributed by atoms with Crippen LogP contribution in [0.3, 0.4) is 0 Å². The number of rotatable bonds is 5. The number of hydrogen-bond donors (Lipinski definition) is 1. The highest BCUT2D eigenvalue weighted by molar-refractivity contribution is 6.02. The zero-order valence-electron chi connectivity index (χ0n) is 19.0. The molecule has 0 fully saturated rings. The number of fused-ring (bicyclic) bond motifs is 4. The van der Waals surface area contributed by atoms with Crippen LogP contribution in [0.15, 0.2) is 60.7 Å². The van der Waals surface area contributed by atoms with E-state index in [2.05, 4.69) is 11.4 Å². The smallest absolute Gasteiger partial charge is 0.254 e. The second-order valence-electron chi connectivity index (χ2n) is 8.51. The van der Waals surface area contributed by atoms with Gasteiger partial charge >= 0.3 is 0 Å². The van der Waals surface area contributed by atoms with Crippen LogP contribution in [0.5, 0.6) is 11.5 Å². The molecule has 6 nitrogen and oxygen atoms in total. The Morgan fingerprint density at radius 1 is 1.03 bits per heavy atom. The highest BCUT2D eigenvalue weighted by Crippen LogP contribution is 2.48. The topological polar surface area (TPSA) is 67.9 Å².